The van der Waals surface area contributed by atoms with Crippen molar-refractivity contribution in [3.8, 4) is 0 Å². The smallest absolute Gasteiger partial charge is 0.191 e. The number of hydrogen-bond donors (Lipinski definition) is 0. The molecule has 7 atom stereocenters. The zero-order valence-corrected chi connectivity index (χ0v) is 17.0. The predicted octanol–water partition coefficient (Wildman–Crippen LogP) is 3.79. The first kappa shape index (κ1) is 19.2. The van der Waals surface area contributed by atoms with E-state index >= 15 is 0 Å². The minimum atomic E-state index is -0.987. The van der Waals surface area contributed by atoms with Crippen LogP contribution in [0.2, 0.25) is 0 Å². The average molecular weight is 396 g/mol. The molecule has 2 heterocycles. The lowest BCUT2D eigenvalue weighted by atomic mass is 9.85. The molecule has 2 saturated heterocycles. The zero-order valence-electron chi connectivity index (χ0n) is 17.0. The van der Waals surface area contributed by atoms with Crippen molar-refractivity contribution in [1.29, 1.82) is 0 Å². The molecule has 1 aromatic rings. The van der Waals surface area contributed by atoms with Gasteiger partial charge in [-0.2, -0.15) is 0 Å². The van der Waals surface area contributed by atoms with Gasteiger partial charge in [0.05, 0.1) is 6.61 Å². The third-order valence-electron chi connectivity index (χ3n) is 6.72. The van der Waals surface area contributed by atoms with Crippen LogP contribution in [0.3, 0.4) is 0 Å². The molecule has 0 spiro atoms. The van der Waals surface area contributed by atoms with E-state index in [-0.39, 0.29) is 17.6 Å². The van der Waals surface area contributed by atoms with Gasteiger partial charge in [-0.15, -0.1) is 6.58 Å². The lowest BCUT2D eigenvalue weighted by Crippen LogP contribution is -2.53. The highest BCUT2D eigenvalue weighted by Gasteiger charge is 2.67. The monoisotopic (exact) mass is 396 g/mol. The first-order valence-corrected chi connectivity index (χ1v) is 10.5. The van der Waals surface area contributed by atoms with E-state index in [0.717, 1.165) is 18.4 Å². The van der Waals surface area contributed by atoms with Gasteiger partial charge in [0, 0.05) is 5.92 Å². The highest BCUT2D eigenvalue weighted by molar-refractivity contribution is 5.89. The van der Waals surface area contributed by atoms with Crippen LogP contribution in [-0.2, 0) is 30.3 Å². The Morgan fingerprint density at radius 2 is 2.00 bits per heavy atom. The minimum Gasteiger partial charge on any atom is -0.360 e. The quantitative estimate of drug-likeness (QED) is 0.725. The molecule has 3 fully saturated rings. The van der Waals surface area contributed by atoms with Gasteiger partial charge < -0.3 is 18.9 Å². The second-order valence-electron chi connectivity index (χ2n) is 9.07. The van der Waals surface area contributed by atoms with Gasteiger partial charge in [0.15, 0.2) is 29.6 Å². The molecule has 5 nitrogen and oxygen atoms in total. The number of carbonyl (C=O) groups is 1. The third-order valence-corrected chi connectivity index (χ3v) is 6.72. The van der Waals surface area contributed by atoms with Crippen molar-refractivity contribution in [2.45, 2.75) is 63.2 Å². The first-order valence-electron chi connectivity index (χ1n) is 10.5. The van der Waals surface area contributed by atoms with Gasteiger partial charge in [-0.3, -0.25) is 4.79 Å². The van der Waals surface area contributed by atoms with Crippen LogP contribution in [0.4, 0.5) is 0 Å². The lowest BCUT2D eigenvalue weighted by molar-refractivity contribution is -0.229. The van der Waals surface area contributed by atoms with Gasteiger partial charge in [-0.05, 0) is 44.1 Å². The van der Waals surface area contributed by atoms with E-state index < -0.39 is 29.9 Å². The number of allylic oxidation sites excluding steroid dienone is 2. The van der Waals surface area contributed by atoms with Gasteiger partial charge in [0.1, 0.15) is 6.10 Å². The number of hydrogen-bond acceptors (Lipinski definition) is 5. The molecule has 0 bridgehead atoms. The normalized spacial score (nSPS) is 42.2. The maximum absolute atomic E-state index is 13.6. The Balaban J connectivity index is 1.51. The van der Waals surface area contributed by atoms with Crippen LogP contribution in [0.25, 0.3) is 0 Å². The number of Topliss-reactive ketones (excluding diaryl/α,β-unsaturated/α-hetero) is 1. The first-order chi connectivity index (χ1) is 13.9. The highest BCUT2D eigenvalue weighted by atomic mass is 16.8. The zero-order chi connectivity index (χ0) is 20.2. The molecule has 0 N–H and O–H groups in total. The molecule has 0 aromatic heterocycles. The van der Waals surface area contributed by atoms with E-state index in [0.29, 0.717) is 12.5 Å². The van der Waals surface area contributed by atoms with E-state index in [9.17, 15) is 4.79 Å². The summed E-state index contributed by atoms with van der Waals surface area (Å²) in [6, 6.07) is 9.96. The lowest BCUT2D eigenvalue weighted by Gasteiger charge is -2.35. The number of ether oxygens (including phenoxy) is 4. The Hall–Kier alpha value is -1.79. The number of rotatable bonds is 4. The van der Waals surface area contributed by atoms with Crippen molar-refractivity contribution < 1.29 is 23.7 Å². The Kier molecular flexibility index (Phi) is 4.55. The van der Waals surface area contributed by atoms with Crippen molar-refractivity contribution in [1.82, 2.24) is 0 Å². The van der Waals surface area contributed by atoms with Gasteiger partial charge in [0.25, 0.3) is 0 Å². The number of fused-ring (bicyclic) bond motifs is 4. The van der Waals surface area contributed by atoms with E-state index in [1.54, 1.807) is 0 Å². The largest absolute Gasteiger partial charge is 0.360 e. The van der Waals surface area contributed by atoms with Gasteiger partial charge in [-0.1, -0.05) is 48.6 Å². The Morgan fingerprint density at radius 3 is 2.76 bits per heavy atom. The van der Waals surface area contributed by atoms with Gasteiger partial charge in [-0.25, -0.2) is 0 Å². The molecule has 1 aromatic carbocycles. The van der Waals surface area contributed by atoms with Crippen molar-refractivity contribution >= 4 is 5.78 Å². The second-order valence-corrected chi connectivity index (χ2v) is 9.07. The Morgan fingerprint density at radius 1 is 1.21 bits per heavy atom. The fourth-order valence-electron chi connectivity index (χ4n) is 5.30. The number of carbonyl (C=O) groups excluding carboxylic acids is 1. The Bertz CT molecular complexity index is 831. The van der Waals surface area contributed by atoms with Gasteiger partial charge in [0.2, 0.25) is 0 Å². The maximum Gasteiger partial charge on any atom is 0.191 e. The minimum absolute atomic E-state index is 0.0757. The van der Waals surface area contributed by atoms with Crippen molar-refractivity contribution in [2.75, 3.05) is 0 Å². The summed E-state index contributed by atoms with van der Waals surface area (Å²) in [6.45, 7) is 8.02. The molecular weight excluding hydrogens is 368 g/mol. The molecular formula is C24H28O5. The summed E-state index contributed by atoms with van der Waals surface area (Å²) in [5.41, 5.74) is 0.0543. The van der Waals surface area contributed by atoms with Crippen LogP contribution < -0.4 is 0 Å². The fraction of sp³-hybridized carbons (Fsp3) is 0.542. The van der Waals surface area contributed by atoms with Gasteiger partial charge >= 0.3 is 0 Å². The standard InChI is InChI=1S/C24H28O5/c1-4-15-12-17-10-11-24(26-14-16-8-6-5-7-9-16)20(19(25)18(17)13-15)27-22-21(24)28-23(2,3)29-22/h4-11,15,17-18,20-22H,1,12-14H2,2-3H3/t15-,17+,18-,20+,21-,22+,24+/m0/s1. The molecule has 154 valence electrons. The van der Waals surface area contributed by atoms with Crippen LogP contribution in [0, 0.1) is 17.8 Å². The molecule has 0 unspecified atom stereocenters. The summed E-state index contributed by atoms with van der Waals surface area (Å²) in [5, 5.41) is 0. The van der Waals surface area contributed by atoms with E-state index in [4.69, 9.17) is 18.9 Å². The van der Waals surface area contributed by atoms with Crippen LogP contribution >= 0.6 is 0 Å². The second kappa shape index (κ2) is 6.88. The molecule has 0 radical (unpaired) electrons. The fourth-order valence-corrected chi connectivity index (χ4v) is 5.30. The Labute approximate surface area is 171 Å². The van der Waals surface area contributed by atoms with Crippen LogP contribution in [0.5, 0.6) is 0 Å². The summed E-state index contributed by atoms with van der Waals surface area (Å²) in [4.78, 5) is 13.6. The summed E-state index contributed by atoms with van der Waals surface area (Å²) in [7, 11) is 0. The maximum atomic E-state index is 13.6. The summed E-state index contributed by atoms with van der Waals surface area (Å²) in [6.07, 6.45) is 6.07. The molecule has 0 amide bonds. The van der Waals surface area contributed by atoms with Crippen LogP contribution in [-0.4, -0.2) is 35.7 Å². The summed E-state index contributed by atoms with van der Waals surface area (Å²) < 4.78 is 24.9. The summed E-state index contributed by atoms with van der Waals surface area (Å²) in [5.74, 6) is -0.212. The topological polar surface area (TPSA) is 54.0 Å². The van der Waals surface area contributed by atoms with Crippen molar-refractivity contribution in [3.05, 3.63) is 60.7 Å². The van der Waals surface area contributed by atoms with Crippen LogP contribution in [0.1, 0.15) is 32.3 Å². The van der Waals surface area contributed by atoms with E-state index in [1.165, 1.54) is 0 Å². The molecule has 5 rings (SSSR count). The average Bonchev–Trinajstić information content (AvgIpc) is 3.32. The number of benzene rings is 1. The SMILES string of the molecule is C=C[C@H]1C[C@H]2C=C[C@@]3(OCc4ccccc4)[C@H](O[C@@H]4OC(C)(C)O[C@@H]43)C(=O)[C@H]2C1. The summed E-state index contributed by atoms with van der Waals surface area (Å²) >= 11 is 0. The third kappa shape index (κ3) is 3.12. The highest BCUT2D eigenvalue weighted by Crippen LogP contribution is 2.51. The molecule has 4 aliphatic rings. The molecule has 2 aliphatic carbocycles. The predicted molar refractivity (Wildman–Crippen MR) is 107 cm³/mol. The molecule has 29 heavy (non-hydrogen) atoms. The van der Waals surface area contributed by atoms with Crippen molar-refractivity contribution in [2.24, 2.45) is 17.8 Å². The van der Waals surface area contributed by atoms with Crippen LogP contribution in [0.15, 0.2) is 55.1 Å². The van der Waals surface area contributed by atoms with Crippen molar-refractivity contribution in [3.63, 3.8) is 0 Å². The molecule has 5 heteroatoms. The number of ketones is 1. The van der Waals surface area contributed by atoms with E-state index in [2.05, 4.69) is 12.7 Å². The molecule has 1 saturated carbocycles. The molecule has 2 aliphatic heterocycles. The van der Waals surface area contributed by atoms with E-state index in [1.807, 2.05) is 56.3 Å².